The normalized spacial score (nSPS) is 10.2. The van der Waals surface area contributed by atoms with Crippen LogP contribution in [0.3, 0.4) is 0 Å². The van der Waals surface area contributed by atoms with Gasteiger partial charge in [-0.25, -0.2) is 0 Å². The van der Waals surface area contributed by atoms with Crippen LogP contribution in [0.25, 0.3) is 0 Å². The zero-order chi connectivity index (χ0) is 15.3. The van der Waals surface area contributed by atoms with Crippen molar-refractivity contribution in [2.75, 3.05) is 15.5 Å². The van der Waals surface area contributed by atoms with Gasteiger partial charge < -0.3 is 16.4 Å². The lowest BCUT2D eigenvalue weighted by molar-refractivity contribution is 0.843. The second kappa shape index (κ2) is 6.51. The fourth-order valence-corrected chi connectivity index (χ4v) is 1.32. The van der Waals surface area contributed by atoms with E-state index in [1.165, 1.54) is 0 Å². The second-order valence-electron chi connectivity index (χ2n) is 4.70. The molecule has 1 aromatic rings. The molecule has 9 heteroatoms. The minimum Gasteiger partial charge on any atom is -0.369 e. The lowest BCUT2D eigenvalue weighted by Crippen LogP contribution is -2.34. The smallest absolute Gasteiger partial charge is 0.252 e. The second-order valence-corrected chi connectivity index (χ2v) is 4.70. The van der Waals surface area contributed by atoms with Gasteiger partial charge >= 0.3 is 0 Å². The van der Waals surface area contributed by atoms with Gasteiger partial charge in [0.2, 0.25) is 17.9 Å². The number of rotatable bonds is 5. The van der Waals surface area contributed by atoms with Crippen molar-refractivity contribution in [1.82, 2.24) is 15.0 Å². The first-order valence-electron chi connectivity index (χ1n) is 6.16. The summed E-state index contributed by atoms with van der Waals surface area (Å²) in [6.45, 7) is 7.75. The van der Waals surface area contributed by atoms with Crippen LogP contribution in [-0.2, 0) is 0 Å². The van der Waals surface area contributed by atoms with E-state index in [1.54, 1.807) is 6.19 Å². The molecule has 0 saturated heterocycles. The van der Waals surface area contributed by atoms with Gasteiger partial charge in [-0.2, -0.15) is 25.1 Å². The Balaban J connectivity index is 3.22. The summed E-state index contributed by atoms with van der Waals surface area (Å²) in [5.74, 6) is 0.176. The van der Waals surface area contributed by atoms with Gasteiger partial charge in [0, 0.05) is 12.1 Å². The van der Waals surface area contributed by atoms with Crippen molar-refractivity contribution < 1.29 is 0 Å². The maximum Gasteiger partial charge on any atom is 0.252 e. The van der Waals surface area contributed by atoms with Crippen LogP contribution < -0.4 is 21.3 Å². The lowest BCUT2D eigenvalue weighted by Gasteiger charge is -2.16. The monoisotopic (exact) mass is 277 g/mol. The molecule has 0 atom stereocenters. The molecule has 0 unspecified atom stereocenters. The molecule has 0 aliphatic carbocycles. The molecule has 0 amide bonds. The van der Waals surface area contributed by atoms with E-state index in [-0.39, 0.29) is 18.0 Å². The predicted octanol–water partition coefficient (Wildman–Crippen LogP) is 0.693. The van der Waals surface area contributed by atoms with Gasteiger partial charge in [-0.05, 0) is 27.7 Å². The largest absolute Gasteiger partial charge is 0.369 e. The SMILES string of the molecule is CC(C)Nc1nc(NC(C)C)nc(N(C#N)C(=N)N)n1. The van der Waals surface area contributed by atoms with Crippen LogP contribution in [0.4, 0.5) is 17.8 Å². The highest BCUT2D eigenvalue weighted by atomic mass is 15.4. The summed E-state index contributed by atoms with van der Waals surface area (Å²) in [5, 5.41) is 22.4. The number of nitrogens with one attached hydrogen (secondary N) is 3. The highest BCUT2D eigenvalue weighted by Gasteiger charge is 2.16. The molecular formula is C11H19N9. The Bertz CT molecular complexity index is 489. The van der Waals surface area contributed by atoms with E-state index in [0.717, 1.165) is 4.90 Å². The van der Waals surface area contributed by atoms with Crippen LogP contribution in [0.2, 0.25) is 0 Å². The standard InChI is InChI=1S/C11H19N9/c1-6(2)15-9-17-10(16-7(3)4)19-11(18-9)20(5-12)8(13)14/h6-7H,1-4H3,(H3,13,14)(H2,15,16,17,18,19). The zero-order valence-corrected chi connectivity index (χ0v) is 12.0. The van der Waals surface area contributed by atoms with Crippen LogP contribution in [0.1, 0.15) is 27.7 Å². The maximum atomic E-state index is 9.01. The molecule has 0 fully saturated rings. The minimum atomic E-state index is -0.454. The Hall–Kier alpha value is -2.63. The molecule has 0 aliphatic heterocycles. The van der Waals surface area contributed by atoms with Crippen LogP contribution >= 0.6 is 0 Å². The zero-order valence-electron chi connectivity index (χ0n) is 12.0. The molecular weight excluding hydrogens is 258 g/mol. The van der Waals surface area contributed by atoms with E-state index in [4.69, 9.17) is 16.4 Å². The Kier molecular flexibility index (Phi) is 5.02. The first-order valence-corrected chi connectivity index (χ1v) is 6.16. The third-order valence-electron chi connectivity index (χ3n) is 2.00. The molecule has 1 heterocycles. The molecule has 20 heavy (non-hydrogen) atoms. The molecule has 0 radical (unpaired) electrons. The topological polar surface area (TPSA) is 140 Å². The highest BCUT2D eigenvalue weighted by Crippen LogP contribution is 2.14. The number of guanidine groups is 1. The van der Waals surface area contributed by atoms with Gasteiger partial charge in [0.15, 0.2) is 6.19 Å². The maximum absolute atomic E-state index is 9.01. The predicted molar refractivity (Wildman–Crippen MR) is 77.4 cm³/mol. The summed E-state index contributed by atoms with van der Waals surface area (Å²) in [4.78, 5) is 13.2. The quantitative estimate of drug-likeness (QED) is 0.267. The first-order chi connectivity index (χ1) is 9.33. The van der Waals surface area contributed by atoms with Gasteiger partial charge in [-0.15, -0.1) is 0 Å². The Labute approximate surface area is 117 Å². The third-order valence-corrected chi connectivity index (χ3v) is 2.00. The molecule has 1 aromatic heterocycles. The van der Waals surface area contributed by atoms with Crippen LogP contribution in [0.5, 0.6) is 0 Å². The van der Waals surface area contributed by atoms with E-state index >= 15 is 0 Å². The molecule has 0 aromatic carbocycles. The van der Waals surface area contributed by atoms with Gasteiger partial charge in [0.25, 0.3) is 5.95 Å². The van der Waals surface area contributed by atoms with Crippen molar-refractivity contribution in [2.24, 2.45) is 5.73 Å². The Morgan fingerprint density at radius 1 is 1.15 bits per heavy atom. The average Bonchev–Trinajstić information content (AvgIpc) is 2.26. The molecule has 0 saturated carbocycles. The summed E-state index contributed by atoms with van der Waals surface area (Å²) in [6.07, 6.45) is 1.75. The fraction of sp³-hybridized carbons (Fsp3) is 0.545. The average molecular weight is 277 g/mol. The van der Waals surface area contributed by atoms with Crippen molar-refractivity contribution >= 4 is 23.8 Å². The number of aromatic nitrogens is 3. The van der Waals surface area contributed by atoms with Gasteiger partial charge in [-0.3, -0.25) is 5.41 Å². The van der Waals surface area contributed by atoms with Crippen LogP contribution in [-0.4, -0.2) is 33.0 Å². The molecule has 108 valence electrons. The van der Waals surface area contributed by atoms with E-state index in [9.17, 15) is 0 Å². The minimum absolute atomic E-state index is 0.00120. The lowest BCUT2D eigenvalue weighted by atomic mass is 10.4. The van der Waals surface area contributed by atoms with Crippen molar-refractivity contribution in [1.29, 1.82) is 10.7 Å². The van der Waals surface area contributed by atoms with Crippen molar-refractivity contribution in [2.45, 2.75) is 39.8 Å². The Morgan fingerprint density at radius 3 is 1.90 bits per heavy atom. The van der Waals surface area contributed by atoms with E-state index in [0.29, 0.717) is 11.9 Å². The summed E-state index contributed by atoms with van der Waals surface area (Å²) in [5.41, 5.74) is 5.33. The van der Waals surface area contributed by atoms with Gasteiger partial charge in [-0.1, -0.05) is 0 Å². The molecule has 0 aliphatic rings. The number of hydrogen-bond acceptors (Lipinski definition) is 7. The van der Waals surface area contributed by atoms with Crippen molar-refractivity contribution in [3.8, 4) is 6.19 Å². The van der Waals surface area contributed by atoms with Gasteiger partial charge in [0.05, 0.1) is 0 Å². The Morgan fingerprint density at radius 2 is 1.60 bits per heavy atom. The van der Waals surface area contributed by atoms with Crippen molar-refractivity contribution in [3.05, 3.63) is 0 Å². The van der Waals surface area contributed by atoms with E-state index < -0.39 is 5.96 Å². The molecule has 0 spiro atoms. The van der Waals surface area contributed by atoms with E-state index in [1.807, 2.05) is 27.7 Å². The molecule has 5 N–H and O–H groups in total. The van der Waals surface area contributed by atoms with Gasteiger partial charge in [0.1, 0.15) is 0 Å². The van der Waals surface area contributed by atoms with E-state index in [2.05, 4.69) is 25.6 Å². The van der Waals surface area contributed by atoms with Crippen LogP contribution in [0.15, 0.2) is 0 Å². The number of nitriles is 1. The number of anilines is 3. The molecule has 9 nitrogen and oxygen atoms in total. The summed E-state index contributed by atoms with van der Waals surface area (Å²) >= 11 is 0. The highest BCUT2D eigenvalue weighted by molar-refractivity contribution is 5.93. The number of nitrogens with two attached hydrogens (primary N) is 1. The first kappa shape index (κ1) is 15.4. The third kappa shape index (κ3) is 4.24. The summed E-state index contributed by atoms with van der Waals surface area (Å²) in [7, 11) is 0. The summed E-state index contributed by atoms with van der Waals surface area (Å²) in [6, 6.07) is 0.232. The number of hydrogen-bond donors (Lipinski definition) is 4. The molecule has 0 bridgehead atoms. The van der Waals surface area contributed by atoms with Crippen LogP contribution in [0, 0.1) is 16.9 Å². The fourth-order valence-electron chi connectivity index (χ4n) is 1.32. The summed E-state index contributed by atoms with van der Waals surface area (Å²) < 4.78 is 0. The molecule has 1 rings (SSSR count). The van der Waals surface area contributed by atoms with Crippen molar-refractivity contribution in [3.63, 3.8) is 0 Å². The number of nitrogens with zero attached hydrogens (tertiary/aromatic N) is 5.